The maximum absolute atomic E-state index is 12.4. The lowest BCUT2D eigenvalue weighted by atomic mass is 9.97. The van der Waals surface area contributed by atoms with Gasteiger partial charge in [0.1, 0.15) is 24.6 Å². The largest absolute Gasteiger partial charge is 0.492 e. The number of pyridine rings is 1. The first-order valence-corrected chi connectivity index (χ1v) is 8.53. The first-order chi connectivity index (χ1) is 12.6. The molecule has 4 rings (SSSR count). The summed E-state index contributed by atoms with van der Waals surface area (Å²) in [6.07, 6.45) is 2.14. The van der Waals surface area contributed by atoms with Crippen molar-refractivity contribution >= 4 is 23.2 Å². The minimum atomic E-state index is -0.414. The summed E-state index contributed by atoms with van der Waals surface area (Å²) < 4.78 is 12.4. The van der Waals surface area contributed by atoms with E-state index in [4.69, 9.17) is 21.1 Å². The highest BCUT2D eigenvalue weighted by molar-refractivity contribution is 6.30. The average Bonchev–Trinajstić information content (AvgIpc) is 2.65. The van der Waals surface area contributed by atoms with Gasteiger partial charge in [-0.05, 0) is 42.3 Å². The number of carbonyl (C=O) groups is 1. The van der Waals surface area contributed by atoms with Crippen molar-refractivity contribution in [2.75, 3.05) is 6.61 Å². The number of aromatic nitrogens is 2. The van der Waals surface area contributed by atoms with Gasteiger partial charge in [-0.2, -0.15) is 0 Å². The molecular formula is C19H15ClN2O4. The van der Waals surface area contributed by atoms with Crippen LogP contribution in [0, 0.1) is 5.92 Å². The Labute approximate surface area is 154 Å². The van der Waals surface area contributed by atoms with E-state index in [2.05, 4.69) is 4.98 Å². The zero-order chi connectivity index (χ0) is 18.1. The Morgan fingerprint density at radius 1 is 1.31 bits per heavy atom. The zero-order valence-electron chi connectivity index (χ0n) is 13.7. The van der Waals surface area contributed by atoms with Gasteiger partial charge >= 0.3 is 5.97 Å². The van der Waals surface area contributed by atoms with Gasteiger partial charge in [-0.15, -0.1) is 0 Å². The van der Waals surface area contributed by atoms with Gasteiger partial charge in [0.05, 0.1) is 11.6 Å². The molecule has 0 radical (unpaired) electrons. The van der Waals surface area contributed by atoms with E-state index in [0.717, 1.165) is 11.3 Å². The molecule has 0 amide bonds. The monoisotopic (exact) mass is 370 g/mol. The highest BCUT2D eigenvalue weighted by atomic mass is 35.5. The molecule has 0 saturated heterocycles. The van der Waals surface area contributed by atoms with Gasteiger partial charge in [-0.25, -0.2) is 4.98 Å². The summed E-state index contributed by atoms with van der Waals surface area (Å²) >= 11 is 6.00. The number of hydrogen-bond donors (Lipinski definition) is 0. The number of benzene rings is 1. The van der Waals surface area contributed by atoms with E-state index in [-0.39, 0.29) is 24.7 Å². The topological polar surface area (TPSA) is 69.9 Å². The number of carbonyl (C=O) groups excluding carboxylic acids is 1. The molecule has 132 valence electrons. The smallest absolute Gasteiger partial charge is 0.313 e. The van der Waals surface area contributed by atoms with Gasteiger partial charge in [0.15, 0.2) is 0 Å². The number of esters is 1. The summed E-state index contributed by atoms with van der Waals surface area (Å²) in [4.78, 5) is 28.8. The minimum Gasteiger partial charge on any atom is -0.492 e. The number of fused-ring (bicyclic) bond motifs is 2. The lowest BCUT2D eigenvalue weighted by Crippen LogP contribution is -2.30. The molecule has 0 unspecified atom stereocenters. The van der Waals surface area contributed by atoms with Crippen molar-refractivity contribution in [2.45, 2.75) is 13.0 Å². The fourth-order valence-corrected chi connectivity index (χ4v) is 3.15. The van der Waals surface area contributed by atoms with E-state index in [9.17, 15) is 9.59 Å². The molecule has 0 saturated carbocycles. The number of halogens is 1. The van der Waals surface area contributed by atoms with Gasteiger partial charge in [0.25, 0.3) is 5.56 Å². The van der Waals surface area contributed by atoms with Crippen LogP contribution in [0.5, 0.6) is 5.75 Å². The van der Waals surface area contributed by atoms with Gasteiger partial charge in [-0.1, -0.05) is 17.7 Å². The predicted molar refractivity (Wildman–Crippen MR) is 95.4 cm³/mol. The maximum Gasteiger partial charge on any atom is 0.313 e. The Hall–Kier alpha value is -2.86. The molecule has 0 aliphatic carbocycles. The van der Waals surface area contributed by atoms with Crippen LogP contribution in [0.4, 0.5) is 0 Å². The van der Waals surface area contributed by atoms with Gasteiger partial charge < -0.3 is 9.47 Å². The third-order valence-electron chi connectivity index (χ3n) is 4.25. The standard InChI is InChI=1S/C19H15ClN2O4/c20-14-4-5-16-12(8-14)7-13(10-25-16)19(24)26-11-15-9-18(23)22-6-2-1-3-17(22)21-15/h1-6,8-9,13H,7,10-11H2/t13-/m0/s1. The second kappa shape index (κ2) is 6.80. The molecule has 0 N–H and O–H groups in total. The Kier molecular flexibility index (Phi) is 4.34. The third kappa shape index (κ3) is 3.28. The molecular weight excluding hydrogens is 356 g/mol. The van der Waals surface area contributed by atoms with Gasteiger partial charge in [0, 0.05) is 17.3 Å². The molecule has 0 spiro atoms. The third-order valence-corrected chi connectivity index (χ3v) is 4.48. The van der Waals surface area contributed by atoms with Gasteiger partial charge in [0.2, 0.25) is 0 Å². The van der Waals surface area contributed by atoms with Crippen molar-refractivity contribution in [3.63, 3.8) is 0 Å². The SMILES string of the molecule is O=C(OCc1cc(=O)n2ccccc2n1)[C@@H]1COc2ccc(Cl)cc2C1. The van der Waals surface area contributed by atoms with Crippen molar-refractivity contribution < 1.29 is 14.3 Å². The number of hydrogen-bond acceptors (Lipinski definition) is 5. The number of rotatable bonds is 3. The molecule has 0 bridgehead atoms. The van der Waals surface area contributed by atoms with Crippen molar-refractivity contribution in [1.82, 2.24) is 9.38 Å². The van der Waals surface area contributed by atoms with Crippen molar-refractivity contribution in [3.05, 3.63) is 75.3 Å². The van der Waals surface area contributed by atoms with Crippen LogP contribution in [0.2, 0.25) is 5.02 Å². The molecule has 26 heavy (non-hydrogen) atoms. The van der Waals surface area contributed by atoms with Crippen molar-refractivity contribution in [2.24, 2.45) is 5.92 Å². The van der Waals surface area contributed by atoms with E-state index in [1.165, 1.54) is 10.5 Å². The second-order valence-corrected chi connectivity index (χ2v) is 6.52. The summed E-state index contributed by atoms with van der Waals surface area (Å²) in [6.45, 7) is 0.194. The van der Waals surface area contributed by atoms with Crippen LogP contribution in [-0.4, -0.2) is 22.0 Å². The van der Waals surface area contributed by atoms with Crippen molar-refractivity contribution in [3.8, 4) is 5.75 Å². The average molecular weight is 371 g/mol. The van der Waals surface area contributed by atoms with Crippen LogP contribution >= 0.6 is 11.6 Å². The molecule has 0 fully saturated rings. The normalized spacial score (nSPS) is 16.0. The van der Waals surface area contributed by atoms with E-state index in [1.54, 1.807) is 42.6 Å². The quantitative estimate of drug-likeness (QED) is 0.663. The molecule has 1 aromatic carbocycles. The minimum absolute atomic E-state index is 0.0572. The fraction of sp³-hybridized carbons (Fsp3) is 0.211. The van der Waals surface area contributed by atoms with Crippen LogP contribution in [-0.2, 0) is 22.6 Å². The summed E-state index contributed by atoms with van der Waals surface area (Å²) in [5, 5.41) is 0.599. The summed E-state index contributed by atoms with van der Waals surface area (Å²) in [5.41, 5.74) is 1.59. The fourth-order valence-electron chi connectivity index (χ4n) is 2.95. The van der Waals surface area contributed by atoms with Crippen LogP contribution in [0.25, 0.3) is 5.65 Å². The molecule has 1 aliphatic rings. The van der Waals surface area contributed by atoms with Crippen LogP contribution < -0.4 is 10.3 Å². The van der Waals surface area contributed by atoms with E-state index in [1.807, 2.05) is 0 Å². The zero-order valence-corrected chi connectivity index (χ0v) is 14.5. The highest BCUT2D eigenvalue weighted by Crippen LogP contribution is 2.30. The highest BCUT2D eigenvalue weighted by Gasteiger charge is 2.27. The molecule has 6 nitrogen and oxygen atoms in total. The molecule has 1 atom stereocenters. The number of nitrogens with zero attached hydrogens (tertiary/aromatic N) is 2. The van der Waals surface area contributed by atoms with Crippen molar-refractivity contribution in [1.29, 1.82) is 0 Å². The Bertz CT molecular complexity index is 1050. The molecule has 1 aliphatic heterocycles. The van der Waals surface area contributed by atoms with Crippen LogP contribution in [0.3, 0.4) is 0 Å². The lowest BCUT2D eigenvalue weighted by molar-refractivity contribution is -0.151. The molecule has 7 heteroatoms. The first-order valence-electron chi connectivity index (χ1n) is 8.15. The predicted octanol–water partition coefficient (Wildman–Crippen LogP) is 2.64. The van der Waals surface area contributed by atoms with E-state index >= 15 is 0 Å². The second-order valence-electron chi connectivity index (χ2n) is 6.09. The maximum atomic E-state index is 12.4. The van der Waals surface area contributed by atoms with Crippen LogP contribution in [0.1, 0.15) is 11.3 Å². The van der Waals surface area contributed by atoms with Gasteiger partial charge in [-0.3, -0.25) is 14.0 Å². The summed E-state index contributed by atoms with van der Waals surface area (Å²) in [5.74, 6) is -0.0594. The first kappa shape index (κ1) is 16.6. The molecule has 2 aromatic heterocycles. The molecule has 3 aromatic rings. The Balaban J connectivity index is 1.45. The molecule has 3 heterocycles. The van der Waals surface area contributed by atoms with E-state index in [0.29, 0.717) is 22.8 Å². The summed E-state index contributed by atoms with van der Waals surface area (Å²) in [7, 11) is 0. The summed E-state index contributed by atoms with van der Waals surface area (Å²) in [6, 6.07) is 12.0. The Morgan fingerprint density at radius 2 is 2.19 bits per heavy atom. The van der Waals surface area contributed by atoms with E-state index < -0.39 is 5.92 Å². The number of ether oxygens (including phenoxy) is 2. The van der Waals surface area contributed by atoms with Crippen LogP contribution in [0.15, 0.2) is 53.5 Å². The lowest BCUT2D eigenvalue weighted by Gasteiger charge is -2.24. The Morgan fingerprint density at radius 3 is 3.08 bits per heavy atom.